The minimum Gasteiger partial charge on any atom is -0.479 e. The average molecular weight is 474 g/mol. The van der Waals surface area contributed by atoms with E-state index in [0.29, 0.717) is 25.7 Å². The Bertz CT molecular complexity index is 1300. The van der Waals surface area contributed by atoms with Crippen molar-refractivity contribution in [1.82, 2.24) is 15.2 Å². The topological polar surface area (TPSA) is 135 Å². The summed E-state index contributed by atoms with van der Waals surface area (Å²) in [5, 5.41) is 19.5. The van der Waals surface area contributed by atoms with Crippen molar-refractivity contribution in [3.63, 3.8) is 0 Å². The Morgan fingerprint density at radius 3 is 2.29 bits per heavy atom. The maximum absolute atomic E-state index is 13.2. The third-order valence-corrected chi connectivity index (χ3v) is 7.48. The van der Waals surface area contributed by atoms with Gasteiger partial charge in [-0.2, -0.15) is 0 Å². The highest BCUT2D eigenvalue weighted by molar-refractivity contribution is 6.02. The van der Waals surface area contributed by atoms with Gasteiger partial charge in [-0.3, -0.25) is 10.1 Å². The van der Waals surface area contributed by atoms with Gasteiger partial charge in [-0.25, -0.2) is 14.2 Å². The predicted molar refractivity (Wildman–Crippen MR) is 122 cm³/mol. The van der Waals surface area contributed by atoms with E-state index in [0.717, 1.165) is 22.3 Å². The van der Waals surface area contributed by atoms with E-state index in [-0.39, 0.29) is 30.1 Å². The Morgan fingerprint density at radius 1 is 1.03 bits per heavy atom. The number of benzene rings is 2. The van der Waals surface area contributed by atoms with Crippen LogP contribution in [0.2, 0.25) is 0 Å². The van der Waals surface area contributed by atoms with Crippen molar-refractivity contribution in [2.75, 3.05) is 11.9 Å². The van der Waals surface area contributed by atoms with E-state index in [1.54, 1.807) is 0 Å². The van der Waals surface area contributed by atoms with Gasteiger partial charge in [0.1, 0.15) is 12.1 Å². The molecule has 3 aromatic rings. The van der Waals surface area contributed by atoms with Crippen LogP contribution in [0.25, 0.3) is 11.1 Å². The molecule has 1 aliphatic carbocycles. The number of aliphatic carboxylic acids is 1. The first-order valence-electron chi connectivity index (χ1n) is 11.5. The lowest BCUT2D eigenvalue weighted by atomic mass is 9.88. The first-order chi connectivity index (χ1) is 17.0. The van der Waals surface area contributed by atoms with Crippen molar-refractivity contribution in [1.29, 1.82) is 0 Å². The average Bonchev–Trinajstić information content (AvgIpc) is 3.64. The number of hydrogen-bond donors (Lipinski definition) is 2. The molecule has 0 saturated carbocycles. The fraction of sp³-hybridized carbons (Fsp3) is 0.320. The molecule has 2 aliphatic heterocycles. The summed E-state index contributed by atoms with van der Waals surface area (Å²) in [5.74, 6) is -1.98. The number of carbonyl (C=O) groups is 3. The van der Waals surface area contributed by atoms with Gasteiger partial charge in [0.2, 0.25) is 11.5 Å². The molecular formula is C25H22N4O6. The monoisotopic (exact) mass is 474 g/mol. The highest BCUT2D eigenvalue weighted by Gasteiger charge is 2.59. The van der Waals surface area contributed by atoms with Crippen LogP contribution in [0.15, 0.2) is 53.2 Å². The quantitative estimate of drug-likeness (QED) is 0.572. The molecule has 35 heavy (non-hydrogen) atoms. The maximum Gasteiger partial charge on any atom is 0.412 e. The number of aromatic nitrogens is 2. The zero-order valence-electron chi connectivity index (χ0n) is 18.6. The Kier molecular flexibility index (Phi) is 4.84. The normalized spacial score (nSPS) is 22.1. The van der Waals surface area contributed by atoms with Crippen molar-refractivity contribution in [2.24, 2.45) is 0 Å². The highest BCUT2D eigenvalue weighted by Crippen LogP contribution is 2.47. The smallest absolute Gasteiger partial charge is 0.412 e. The van der Waals surface area contributed by atoms with Gasteiger partial charge in [0.15, 0.2) is 0 Å². The number of fused-ring (bicyclic) bond motifs is 5. The van der Waals surface area contributed by atoms with Crippen LogP contribution in [0, 0.1) is 0 Å². The molecule has 6 rings (SSSR count). The van der Waals surface area contributed by atoms with Crippen LogP contribution < -0.4 is 5.32 Å². The first-order valence-corrected chi connectivity index (χ1v) is 11.5. The number of amides is 2. The maximum atomic E-state index is 13.2. The zero-order valence-corrected chi connectivity index (χ0v) is 18.6. The lowest BCUT2D eigenvalue weighted by Crippen LogP contribution is -2.51. The van der Waals surface area contributed by atoms with Gasteiger partial charge in [-0.1, -0.05) is 48.5 Å². The fourth-order valence-corrected chi connectivity index (χ4v) is 5.86. The van der Waals surface area contributed by atoms with Gasteiger partial charge in [-0.15, -0.1) is 0 Å². The number of hydrogen-bond acceptors (Lipinski definition) is 7. The third kappa shape index (κ3) is 3.20. The van der Waals surface area contributed by atoms with Crippen molar-refractivity contribution >= 4 is 23.8 Å². The van der Waals surface area contributed by atoms with E-state index in [4.69, 9.17) is 9.37 Å². The Balaban J connectivity index is 1.17. The highest BCUT2D eigenvalue weighted by atomic mass is 16.6. The van der Waals surface area contributed by atoms with E-state index in [1.165, 1.54) is 4.90 Å². The summed E-state index contributed by atoms with van der Waals surface area (Å²) in [6.07, 6.45) is 1.18. The Labute approximate surface area is 199 Å². The van der Waals surface area contributed by atoms with Gasteiger partial charge in [0.25, 0.3) is 5.91 Å². The van der Waals surface area contributed by atoms with Crippen LogP contribution in [-0.2, 0) is 9.53 Å². The molecule has 3 heterocycles. The summed E-state index contributed by atoms with van der Waals surface area (Å²) < 4.78 is 10.2. The minimum absolute atomic E-state index is 0.0880. The molecule has 2 bridgehead atoms. The van der Waals surface area contributed by atoms with Crippen LogP contribution >= 0.6 is 0 Å². The van der Waals surface area contributed by atoms with Crippen molar-refractivity contribution in [3.05, 3.63) is 65.4 Å². The van der Waals surface area contributed by atoms with Crippen LogP contribution in [0.1, 0.15) is 53.2 Å². The standard InChI is InChI=1S/C25H22N4O6/c30-22(29-14-9-11-25(29,12-10-14)23(31)32)20-21(28-35-27-20)26-24(33)34-13-19-17-7-3-1-5-15(17)16-6-2-4-8-18(16)19/h1-8,14,19H,9-13H2,(H,31,32)(H,26,28,33). The van der Waals surface area contributed by atoms with Crippen molar-refractivity contribution in [3.8, 4) is 11.1 Å². The lowest BCUT2D eigenvalue weighted by molar-refractivity contribution is -0.147. The Hall–Kier alpha value is -4.21. The molecule has 10 heteroatoms. The molecule has 0 unspecified atom stereocenters. The number of anilines is 1. The van der Waals surface area contributed by atoms with Crippen LogP contribution in [0.3, 0.4) is 0 Å². The number of carboxylic acids is 1. The molecular weight excluding hydrogens is 452 g/mol. The summed E-state index contributed by atoms with van der Waals surface area (Å²) in [6.45, 7) is 0.0880. The summed E-state index contributed by atoms with van der Waals surface area (Å²) in [4.78, 5) is 39.2. The summed E-state index contributed by atoms with van der Waals surface area (Å²) >= 11 is 0. The largest absolute Gasteiger partial charge is 0.479 e. The molecule has 0 spiro atoms. The molecule has 0 radical (unpaired) electrons. The van der Waals surface area contributed by atoms with Gasteiger partial charge in [-0.05, 0) is 58.3 Å². The van der Waals surface area contributed by atoms with E-state index in [1.807, 2.05) is 48.5 Å². The van der Waals surface area contributed by atoms with E-state index < -0.39 is 23.5 Å². The summed E-state index contributed by atoms with van der Waals surface area (Å²) in [5.41, 5.74) is 2.88. The summed E-state index contributed by atoms with van der Waals surface area (Å²) in [6, 6.07) is 15.8. The third-order valence-electron chi connectivity index (χ3n) is 7.48. The lowest BCUT2D eigenvalue weighted by Gasteiger charge is -2.30. The SMILES string of the molecule is O=C(Nc1nonc1C(=O)N1C2CCC1(C(=O)O)CC2)OCC1c2ccccc2-c2ccccc21. The van der Waals surface area contributed by atoms with Gasteiger partial charge < -0.3 is 14.7 Å². The van der Waals surface area contributed by atoms with Crippen molar-refractivity contribution in [2.45, 2.75) is 43.2 Å². The molecule has 2 N–H and O–H groups in total. The van der Waals surface area contributed by atoms with E-state index in [9.17, 15) is 19.5 Å². The second-order valence-corrected chi connectivity index (χ2v) is 9.16. The van der Waals surface area contributed by atoms with Crippen LogP contribution in [0.4, 0.5) is 10.6 Å². The molecule has 2 amide bonds. The zero-order chi connectivity index (χ0) is 24.2. The molecule has 2 aromatic carbocycles. The second-order valence-electron chi connectivity index (χ2n) is 9.16. The Morgan fingerprint density at radius 2 is 1.66 bits per heavy atom. The number of nitrogens with zero attached hydrogens (tertiary/aromatic N) is 3. The van der Waals surface area contributed by atoms with Crippen molar-refractivity contribution < 1.29 is 28.9 Å². The first kappa shape index (κ1) is 21.3. The molecule has 3 aliphatic rings. The number of carbonyl (C=O) groups excluding carboxylic acids is 2. The van der Waals surface area contributed by atoms with Gasteiger partial charge in [0.05, 0.1) is 0 Å². The second kappa shape index (κ2) is 7.93. The fourth-order valence-electron chi connectivity index (χ4n) is 5.86. The molecule has 2 fully saturated rings. The van der Waals surface area contributed by atoms with E-state index >= 15 is 0 Å². The van der Waals surface area contributed by atoms with E-state index in [2.05, 4.69) is 15.6 Å². The molecule has 178 valence electrons. The molecule has 10 nitrogen and oxygen atoms in total. The number of ether oxygens (including phenoxy) is 1. The number of nitrogens with one attached hydrogen (secondary N) is 1. The molecule has 1 aromatic heterocycles. The van der Waals surface area contributed by atoms with Crippen LogP contribution in [-0.4, -0.2) is 56.5 Å². The van der Waals surface area contributed by atoms with Crippen LogP contribution in [0.5, 0.6) is 0 Å². The van der Waals surface area contributed by atoms with Gasteiger partial charge in [0, 0.05) is 12.0 Å². The number of carboxylic acid groups (broad SMARTS) is 1. The molecule has 0 atom stereocenters. The summed E-state index contributed by atoms with van der Waals surface area (Å²) in [7, 11) is 0. The number of rotatable bonds is 5. The molecule has 2 saturated heterocycles. The minimum atomic E-state index is -1.25. The van der Waals surface area contributed by atoms with Gasteiger partial charge >= 0.3 is 12.1 Å². The predicted octanol–water partition coefficient (Wildman–Crippen LogP) is 3.65.